The zero-order valence-corrected chi connectivity index (χ0v) is 12.6. The predicted octanol–water partition coefficient (Wildman–Crippen LogP) is 1.15. The first-order valence-corrected chi connectivity index (χ1v) is 7.16. The number of carbonyl (C=O) groups is 3. The number of oxazole rings is 1. The quantitative estimate of drug-likeness (QED) is 0.773. The Labute approximate surface area is 132 Å². The van der Waals surface area contributed by atoms with Crippen molar-refractivity contribution in [3.8, 4) is 0 Å². The molecule has 0 fully saturated rings. The summed E-state index contributed by atoms with van der Waals surface area (Å²) in [4.78, 5) is 38.2. The fraction of sp³-hybridized carbons (Fsp3) is 0.333. The Morgan fingerprint density at radius 3 is 2.78 bits per heavy atom. The molecule has 0 aliphatic heterocycles. The predicted molar refractivity (Wildman–Crippen MR) is 80.5 cm³/mol. The van der Waals surface area contributed by atoms with Gasteiger partial charge in [-0.2, -0.15) is 0 Å². The molecular formula is C15H17N3O5. The number of para-hydroxylation sites is 2. The number of imide groups is 1. The van der Waals surface area contributed by atoms with Crippen molar-refractivity contribution in [3.63, 3.8) is 0 Å². The summed E-state index contributed by atoms with van der Waals surface area (Å²) in [5.41, 5.74) is 1.37. The Morgan fingerprint density at radius 1 is 1.26 bits per heavy atom. The number of nitrogens with zero attached hydrogens (tertiary/aromatic N) is 1. The molecular weight excluding hydrogens is 302 g/mol. The first kappa shape index (κ1) is 16.5. The summed E-state index contributed by atoms with van der Waals surface area (Å²) < 4.78 is 10.3. The van der Waals surface area contributed by atoms with Gasteiger partial charge in [-0.05, 0) is 19.1 Å². The minimum absolute atomic E-state index is 0.0290. The molecule has 3 amide bonds. The molecule has 122 valence electrons. The maximum absolute atomic E-state index is 11.6. The van der Waals surface area contributed by atoms with Crippen LogP contribution < -0.4 is 10.6 Å². The molecule has 23 heavy (non-hydrogen) atoms. The minimum Gasteiger partial charge on any atom is -0.456 e. The van der Waals surface area contributed by atoms with Crippen molar-refractivity contribution >= 4 is 29.0 Å². The van der Waals surface area contributed by atoms with E-state index < -0.39 is 24.5 Å². The standard InChI is InChI=1S/C15H17N3O5/c1-2-16-15(21)18-12(19)9-22-14(20)8-7-13-17-10-5-3-4-6-11(10)23-13/h3-6H,2,7-9H2,1H3,(H2,16,18,19,21). The van der Waals surface area contributed by atoms with E-state index in [1.54, 1.807) is 13.0 Å². The Bertz CT molecular complexity index is 677. The molecule has 8 heteroatoms. The van der Waals surface area contributed by atoms with Crippen molar-refractivity contribution in [1.29, 1.82) is 0 Å². The molecule has 1 aromatic heterocycles. The van der Waals surface area contributed by atoms with E-state index in [0.717, 1.165) is 5.52 Å². The van der Waals surface area contributed by atoms with E-state index in [1.165, 1.54) is 0 Å². The normalized spacial score (nSPS) is 10.3. The number of rotatable bonds is 6. The molecule has 0 atom stereocenters. The van der Waals surface area contributed by atoms with Crippen LogP contribution in [0.15, 0.2) is 28.7 Å². The van der Waals surface area contributed by atoms with Crippen LogP contribution in [-0.2, 0) is 20.7 Å². The Morgan fingerprint density at radius 2 is 2.04 bits per heavy atom. The Kier molecular flexibility index (Phi) is 5.67. The summed E-state index contributed by atoms with van der Waals surface area (Å²) in [6.07, 6.45) is 0.298. The fourth-order valence-electron chi connectivity index (χ4n) is 1.82. The van der Waals surface area contributed by atoms with E-state index in [0.29, 0.717) is 18.0 Å². The lowest BCUT2D eigenvalue weighted by molar-refractivity contribution is -0.148. The average Bonchev–Trinajstić information content (AvgIpc) is 2.94. The third-order valence-electron chi connectivity index (χ3n) is 2.84. The van der Waals surface area contributed by atoms with E-state index in [4.69, 9.17) is 9.15 Å². The van der Waals surface area contributed by atoms with Crippen molar-refractivity contribution in [2.24, 2.45) is 0 Å². The third-order valence-corrected chi connectivity index (χ3v) is 2.84. The van der Waals surface area contributed by atoms with Crippen molar-refractivity contribution in [2.75, 3.05) is 13.2 Å². The lowest BCUT2D eigenvalue weighted by Crippen LogP contribution is -2.41. The van der Waals surface area contributed by atoms with Gasteiger partial charge >= 0.3 is 12.0 Å². The van der Waals surface area contributed by atoms with Gasteiger partial charge in [-0.3, -0.25) is 14.9 Å². The van der Waals surface area contributed by atoms with Crippen molar-refractivity contribution in [3.05, 3.63) is 30.2 Å². The molecule has 0 bridgehead atoms. The SMILES string of the molecule is CCNC(=O)NC(=O)COC(=O)CCc1nc2ccccc2o1. The highest BCUT2D eigenvalue weighted by Gasteiger charge is 2.12. The second-order valence-corrected chi connectivity index (χ2v) is 4.64. The van der Waals surface area contributed by atoms with Gasteiger partial charge in [-0.15, -0.1) is 0 Å². The number of esters is 1. The van der Waals surface area contributed by atoms with Crippen LogP contribution in [0, 0.1) is 0 Å². The highest BCUT2D eigenvalue weighted by molar-refractivity contribution is 5.95. The summed E-state index contributed by atoms with van der Waals surface area (Å²) in [7, 11) is 0. The topological polar surface area (TPSA) is 111 Å². The van der Waals surface area contributed by atoms with Gasteiger partial charge in [0.1, 0.15) is 5.52 Å². The van der Waals surface area contributed by atoms with E-state index in [-0.39, 0.29) is 12.8 Å². The fourth-order valence-corrected chi connectivity index (χ4v) is 1.82. The lowest BCUT2D eigenvalue weighted by Gasteiger charge is -2.05. The van der Waals surface area contributed by atoms with E-state index in [9.17, 15) is 14.4 Å². The van der Waals surface area contributed by atoms with Crippen molar-refractivity contribution < 1.29 is 23.5 Å². The summed E-state index contributed by atoms with van der Waals surface area (Å²) in [5.74, 6) is -0.834. The van der Waals surface area contributed by atoms with Gasteiger partial charge in [0.25, 0.3) is 5.91 Å². The molecule has 0 aliphatic rings. The Balaban J connectivity index is 1.72. The van der Waals surface area contributed by atoms with Crippen LogP contribution in [0.5, 0.6) is 0 Å². The minimum atomic E-state index is -0.689. The molecule has 0 saturated carbocycles. The highest BCUT2D eigenvalue weighted by Crippen LogP contribution is 2.15. The average molecular weight is 319 g/mol. The van der Waals surface area contributed by atoms with Crippen LogP contribution in [0.3, 0.4) is 0 Å². The number of amides is 3. The van der Waals surface area contributed by atoms with Gasteiger partial charge in [0.05, 0.1) is 6.42 Å². The van der Waals surface area contributed by atoms with Gasteiger partial charge in [0.2, 0.25) is 0 Å². The summed E-state index contributed by atoms with van der Waals surface area (Å²) in [6, 6.07) is 6.65. The molecule has 0 unspecified atom stereocenters. The molecule has 1 aromatic carbocycles. The van der Waals surface area contributed by atoms with Gasteiger partial charge in [0, 0.05) is 13.0 Å². The number of benzene rings is 1. The number of urea groups is 1. The summed E-state index contributed by atoms with van der Waals surface area (Å²) in [5, 5.41) is 4.42. The smallest absolute Gasteiger partial charge is 0.321 e. The van der Waals surface area contributed by atoms with Crippen LogP contribution in [0.2, 0.25) is 0 Å². The zero-order valence-electron chi connectivity index (χ0n) is 12.6. The molecule has 0 aliphatic carbocycles. The monoisotopic (exact) mass is 319 g/mol. The van der Waals surface area contributed by atoms with E-state index in [2.05, 4.69) is 10.3 Å². The summed E-state index contributed by atoms with van der Waals surface area (Å²) in [6.45, 7) is 1.60. The zero-order chi connectivity index (χ0) is 16.7. The molecule has 1 heterocycles. The number of nitrogens with one attached hydrogen (secondary N) is 2. The van der Waals surface area contributed by atoms with Gasteiger partial charge in [-0.1, -0.05) is 12.1 Å². The largest absolute Gasteiger partial charge is 0.456 e. The highest BCUT2D eigenvalue weighted by atomic mass is 16.5. The second kappa shape index (κ2) is 7.92. The van der Waals surface area contributed by atoms with Gasteiger partial charge < -0.3 is 14.5 Å². The lowest BCUT2D eigenvalue weighted by atomic mass is 10.3. The first-order valence-electron chi connectivity index (χ1n) is 7.16. The number of aromatic nitrogens is 1. The number of fused-ring (bicyclic) bond motifs is 1. The first-order chi connectivity index (χ1) is 11.1. The molecule has 0 radical (unpaired) electrons. The second-order valence-electron chi connectivity index (χ2n) is 4.64. The van der Waals surface area contributed by atoms with E-state index >= 15 is 0 Å². The van der Waals surface area contributed by atoms with Gasteiger partial charge in [-0.25, -0.2) is 9.78 Å². The van der Waals surface area contributed by atoms with Gasteiger partial charge in [0.15, 0.2) is 18.1 Å². The number of ether oxygens (including phenoxy) is 1. The van der Waals surface area contributed by atoms with Crippen LogP contribution >= 0.6 is 0 Å². The summed E-state index contributed by atoms with van der Waals surface area (Å²) >= 11 is 0. The van der Waals surface area contributed by atoms with Crippen LogP contribution in [0.25, 0.3) is 11.1 Å². The van der Waals surface area contributed by atoms with Crippen LogP contribution in [0.4, 0.5) is 4.79 Å². The maximum Gasteiger partial charge on any atom is 0.321 e. The number of hydrogen-bond donors (Lipinski definition) is 2. The molecule has 8 nitrogen and oxygen atoms in total. The number of aryl methyl sites for hydroxylation is 1. The third kappa shape index (κ3) is 5.10. The molecule has 0 saturated heterocycles. The Hall–Kier alpha value is -2.90. The molecule has 2 aromatic rings. The van der Waals surface area contributed by atoms with Crippen LogP contribution in [-0.4, -0.2) is 36.0 Å². The molecule has 2 N–H and O–H groups in total. The molecule has 0 spiro atoms. The molecule has 2 rings (SSSR count). The van der Waals surface area contributed by atoms with E-state index in [1.807, 2.05) is 23.5 Å². The maximum atomic E-state index is 11.6. The van der Waals surface area contributed by atoms with Crippen LogP contribution in [0.1, 0.15) is 19.2 Å². The van der Waals surface area contributed by atoms with Crippen molar-refractivity contribution in [1.82, 2.24) is 15.6 Å². The number of hydrogen-bond acceptors (Lipinski definition) is 6. The van der Waals surface area contributed by atoms with Crippen molar-refractivity contribution in [2.45, 2.75) is 19.8 Å². The number of carbonyl (C=O) groups excluding carboxylic acids is 3.